The Labute approximate surface area is 359 Å². The zero-order chi connectivity index (χ0) is 41.6. The third-order valence-corrected chi connectivity index (χ3v) is 11.8. The first-order valence-corrected chi connectivity index (χ1v) is 20.5. The maximum atomic E-state index is 10.3. The van der Waals surface area contributed by atoms with E-state index in [0.717, 1.165) is 61.2 Å². The van der Waals surface area contributed by atoms with Crippen LogP contribution in [0, 0.1) is 22.7 Å². The first-order chi connectivity index (χ1) is 30.6. The third kappa shape index (κ3) is 6.39. The summed E-state index contributed by atoms with van der Waals surface area (Å²) >= 11 is 0. The van der Waals surface area contributed by atoms with Gasteiger partial charge >= 0.3 is 0 Å². The summed E-state index contributed by atoms with van der Waals surface area (Å²) in [4.78, 5) is 14.9. The van der Waals surface area contributed by atoms with Crippen molar-refractivity contribution in [3.8, 4) is 113 Å². The minimum absolute atomic E-state index is 0.474. The molecule has 5 nitrogen and oxygen atoms in total. The van der Waals surface area contributed by atoms with E-state index in [-0.39, 0.29) is 0 Å². The molecule has 0 saturated heterocycles. The average Bonchev–Trinajstić information content (AvgIpc) is 3.68. The van der Waals surface area contributed by atoms with Crippen LogP contribution in [0.15, 0.2) is 200 Å². The van der Waals surface area contributed by atoms with Crippen LogP contribution in [-0.2, 0) is 0 Å². The molecule has 0 spiro atoms. The van der Waals surface area contributed by atoms with Gasteiger partial charge in [0.25, 0.3) is 0 Å². The predicted molar refractivity (Wildman–Crippen MR) is 249 cm³/mol. The van der Waals surface area contributed by atoms with Gasteiger partial charge in [0.15, 0.2) is 17.5 Å². The second-order valence-electron chi connectivity index (χ2n) is 15.4. The molecule has 0 bridgehead atoms. The summed E-state index contributed by atoms with van der Waals surface area (Å²) < 4.78 is 0. The van der Waals surface area contributed by atoms with E-state index in [4.69, 9.17) is 15.0 Å². The number of rotatable bonds is 7. The average molecular weight is 788 g/mol. The van der Waals surface area contributed by atoms with Crippen LogP contribution in [0.5, 0.6) is 0 Å². The molecular weight excluding hydrogens is 755 g/mol. The fourth-order valence-corrected chi connectivity index (χ4v) is 8.72. The molecule has 0 atom stereocenters. The summed E-state index contributed by atoms with van der Waals surface area (Å²) in [5.74, 6) is 1.52. The normalized spacial score (nSPS) is 11.2. The van der Waals surface area contributed by atoms with Gasteiger partial charge in [-0.15, -0.1) is 0 Å². The lowest BCUT2D eigenvalue weighted by molar-refractivity contribution is 1.07. The number of hydrogen-bond acceptors (Lipinski definition) is 5. The first-order valence-electron chi connectivity index (χ1n) is 20.5. The highest BCUT2D eigenvalue weighted by Crippen LogP contribution is 2.48. The largest absolute Gasteiger partial charge is 0.208 e. The number of fused-ring (bicyclic) bond motifs is 3. The molecule has 286 valence electrons. The molecule has 0 saturated carbocycles. The molecule has 0 unspecified atom stereocenters. The van der Waals surface area contributed by atoms with Crippen molar-refractivity contribution < 1.29 is 0 Å². The van der Waals surface area contributed by atoms with Crippen LogP contribution in [0.25, 0.3) is 112 Å². The summed E-state index contributed by atoms with van der Waals surface area (Å²) in [5, 5.41) is 23.0. The number of aromatic nitrogens is 3. The van der Waals surface area contributed by atoms with E-state index < -0.39 is 0 Å². The third-order valence-electron chi connectivity index (χ3n) is 11.8. The van der Waals surface area contributed by atoms with Gasteiger partial charge in [0.05, 0.1) is 23.3 Å². The Morgan fingerprint density at radius 1 is 0.274 bits per heavy atom. The van der Waals surface area contributed by atoms with Gasteiger partial charge in [-0.05, 0) is 108 Å². The zero-order valence-electron chi connectivity index (χ0n) is 33.3. The topological polar surface area (TPSA) is 86.2 Å². The van der Waals surface area contributed by atoms with Gasteiger partial charge in [0, 0.05) is 22.3 Å². The molecule has 1 aromatic heterocycles. The molecule has 62 heavy (non-hydrogen) atoms. The summed E-state index contributed by atoms with van der Waals surface area (Å²) in [6.45, 7) is 0. The lowest BCUT2D eigenvalue weighted by atomic mass is 9.92. The van der Waals surface area contributed by atoms with E-state index in [1.165, 1.54) is 33.0 Å². The standard InChI is InChI=1S/C57H33N5/c58-34-45-26-25-41(32-52(45)38-23-21-36(22-24-38)46-30-42-16-10-20-51-49-18-7-8-19-50(49)53(33-46)54(42)51)40-15-9-17-43(29-40)56-60-55(39-13-5-2-6-14-39)61-57(62-56)44-27-28-48(47(31-44)35-59)37-11-3-1-4-12-37/h1-33H. The van der Waals surface area contributed by atoms with Gasteiger partial charge in [-0.1, -0.05) is 164 Å². The molecule has 5 heteroatoms. The maximum absolute atomic E-state index is 10.3. The van der Waals surface area contributed by atoms with Crippen LogP contribution in [-0.4, -0.2) is 15.0 Å². The second kappa shape index (κ2) is 15.1. The molecule has 10 aromatic rings. The Morgan fingerprint density at radius 3 is 1.50 bits per heavy atom. The molecule has 11 rings (SSSR count). The van der Waals surface area contributed by atoms with Gasteiger partial charge in [-0.25, -0.2) is 15.0 Å². The minimum Gasteiger partial charge on any atom is -0.208 e. The van der Waals surface area contributed by atoms with E-state index in [9.17, 15) is 10.5 Å². The van der Waals surface area contributed by atoms with Crippen LogP contribution in [0.4, 0.5) is 0 Å². The highest BCUT2D eigenvalue weighted by molar-refractivity contribution is 6.16. The number of nitriles is 2. The van der Waals surface area contributed by atoms with Crippen molar-refractivity contribution in [1.29, 1.82) is 10.5 Å². The Morgan fingerprint density at radius 2 is 0.774 bits per heavy atom. The first kappa shape index (κ1) is 36.3. The molecule has 1 heterocycles. The molecule has 0 radical (unpaired) electrons. The summed E-state index contributed by atoms with van der Waals surface area (Å²) in [7, 11) is 0. The van der Waals surface area contributed by atoms with Crippen molar-refractivity contribution in [2.24, 2.45) is 0 Å². The van der Waals surface area contributed by atoms with Crippen molar-refractivity contribution >= 4 is 10.8 Å². The fraction of sp³-hybridized carbons (Fsp3) is 0. The molecule has 0 fully saturated rings. The summed E-state index contributed by atoms with van der Waals surface area (Å²) in [6, 6.07) is 72.8. The van der Waals surface area contributed by atoms with Gasteiger partial charge in [-0.2, -0.15) is 10.5 Å². The summed E-state index contributed by atoms with van der Waals surface area (Å²) in [6.07, 6.45) is 0. The molecule has 0 aliphatic heterocycles. The summed E-state index contributed by atoms with van der Waals surface area (Å²) in [5.41, 5.74) is 16.5. The quantitative estimate of drug-likeness (QED) is 0.161. The van der Waals surface area contributed by atoms with Crippen molar-refractivity contribution in [3.63, 3.8) is 0 Å². The van der Waals surface area contributed by atoms with Crippen LogP contribution in [0.2, 0.25) is 0 Å². The number of nitrogens with zero attached hydrogens (tertiary/aromatic N) is 5. The van der Waals surface area contributed by atoms with Crippen molar-refractivity contribution in [2.45, 2.75) is 0 Å². The SMILES string of the molecule is N#Cc1cc(-c2nc(-c3ccccc3)nc(-c3cccc(-c4ccc(C#N)c(-c5ccc(-c6cc7c8c(cccc8c6)-c6ccccc6-7)cc5)c4)c3)n2)ccc1-c1ccccc1. The van der Waals surface area contributed by atoms with Gasteiger partial charge in [0.2, 0.25) is 0 Å². The van der Waals surface area contributed by atoms with Crippen molar-refractivity contribution in [3.05, 3.63) is 211 Å². The minimum atomic E-state index is 0.474. The second-order valence-corrected chi connectivity index (χ2v) is 15.4. The molecule has 0 N–H and O–H groups in total. The predicted octanol–water partition coefficient (Wildman–Crippen LogP) is 14.1. The molecule has 1 aliphatic rings. The molecule has 1 aliphatic carbocycles. The van der Waals surface area contributed by atoms with Gasteiger partial charge < -0.3 is 0 Å². The van der Waals surface area contributed by atoms with E-state index in [1.54, 1.807) is 0 Å². The highest BCUT2D eigenvalue weighted by Gasteiger charge is 2.22. The van der Waals surface area contributed by atoms with Gasteiger partial charge in [-0.3, -0.25) is 0 Å². The van der Waals surface area contributed by atoms with Crippen LogP contribution in [0.1, 0.15) is 11.1 Å². The van der Waals surface area contributed by atoms with E-state index in [0.29, 0.717) is 28.6 Å². The molecule has 9 aromatic carbocycles. The Hall–Kier alpha value is -8.77. The van der Waals surface area contributed by atoms with E-state index in [2.05, 4.69) is 109 Å². The van der Waals surface area contributed by atoms with Crippen molar-refractivity contribution in [1.82, 2.24) is 15.0 Å². The number of hydrogen-bond donors (Lipinski definition) is 0. The fourth-order valence-electron chi connectivity index (χ4n) is 8.72. The van der Waals surface area contributed by atoms with Crippen LogP contribution < -0.4 is 0 Å². The molecular formula is C57H33N5. The Kier molecular flexibility index (Phi) is 8.85. The monoisotopic (exact) mass is 787 g/mol. The Bertz CT molecular complexity index is 3470. The highest BCUT2D eigenvalue weighted by atomic mass is 15.0. The lowest BCUT2D eigenvalue weighted by Gasteiger charge is -2.12. The van der Waals surface area contributed by atoms with Gasteiger partial charge in [0.1, 0.15) is 0 Å². The van der Waals surface area contributed by atoms with Crippen LogP contribution in [0.3, 0.4) is 0 Å². The van der Waals surface area contributed by atoms with E-state index >= 15 is 0 Å². The Balaban J connectivity index is 0.950. The molecule has 0 amide bonds. The van der Waals surface area contributed by atoms with Crippen molar-refractivity contribution in [2.75, 3.05) is 0 Å². The maximum Gasteiger partial charge on any atom is 0.164 e. The van der Waals surface area contributed by atoms with Crippen LogP contribution >= 0.6 is 0 Å². The van der Waals surface area contributed by atoms with E-state index in [1.807, 2.05) is 103 Å². The zero-order valence-corrected chi connectivity index (χ0v) is 33.3. The smallest absolute Gasteiger partial charge is 0.164 e. The number of benzene rings is 9. The lowest BCUT2D eigenvalue weighted by Crippen LogP contribution is -2.00.